The van der Waals surface area contributed by atoms with E-state index in [4.69, 9.17) is 4.74 Å². The molecule has 1 heterocycles. The zero-order valence-corrected chi connectivity index (χ0v) is 9.36. The average Bonchev–Trinajstić information content (AvgIpc) is 2.26. The van der Waals surface area contributed by atoms with E-state index in [1.54, 1.807) is 16.7 Å². The second-order valence-electron chi connectivity index (χ2n) is 3.61. The second-order valence-corrected chi connectivity index (χ2v) is 3.61. The molecular weight excluding hydrogens is 196 g/mol. The Morgan fingerprint density at radius 2 is 1.67 bits per heavy atom. The Balaban J connectivity index is 2.30. The standard InChI is InChI=1S/C10H18N2O3/c1-3-8-15-10(14)12-6-4-11(5-7-12)9(2)13/h3-8H2,1-2H3. The summed E-state index contributed by atoms with van der Waals surface area (Å²) in [6, 6.07) is 0. The van der Waals surface area contributed by atoms with E-state index in [2.05, 4.69) is 0 Å². The summed E-state index contributed by atoms with van der Waals surface area (Å²) >= 11 is 0. The molecule has 2 amide bonds. The Kier molecular flexibility index (Phi) is 4.39. The Hall–Kier alpha value is -1.26. The summed E-state index contributed by atoms with van der Waals surface area (Å²) in [5.74, 6) is 0.0663. The van der Waals surface area contributed by atoms with Crippen molar-refractivity contribution in [2.75, 3.05) is 32.8 Å². The zero-order valence-electron chi connectivity index (χ0n) is 9.36. The molecule has 1 aliphatic rings. The van der Waals surface area contributed by atoms with Crippen LogP contribution < -0.4 is 0 Å². The van der Waals surface area contributed by atoms with Gasteiger partial charge in [-0.1, -0.05) is 6.92 Å². The van der Waals surface area contributed by atoms with Gasteiger partial charge in [-0.25, -0.2) is 4.79 Å². The van der Waals surface area contributed by atoms with Crippen molar-refractivity contribution in [2.45, 2.75) is 20.3 Å². The number of hydrogen-bond acceptors (Lipinski definition) is 3. The van der Waals surface area contributed by atoms with Crippen molar-refractivity contribution in [3.05, 3.63) is 0 Å². The monoisotopic (exact) mass is 214 g/mol. The number of piperazine rings is 1. The van der Waals surface area contributed by atoms with Gasteiger partial charge in [0.15, 0.2) is 0 Å². The highest BCUT2D eigenvalue weighted by molar-refractivity contribution is 5.74. The van der Waals surface area contributed by atoms with Crippen LogP contribution in [0.3, 0.4) is 0 Å². The summed E-state index contributed by atoms with van der Waals surface area (Å²) < 4.78 is 5.01. The van der Waals surface area contributed by atoms with E-state index in [0.717, 1.165) is 6.42 Å². The highest BCUT2D eigenvalue weighted by Crippen LogP contribution is 2.04. The van der Waals surface area contributed by atoms with Gasteiger partial charge in [0, 0.05) is 33.1 Å². The van der Waals surface area contributed by atoms with Gasteiger partial charge >= 0.3 is 6.09 Å². The van der Waals surface area contributed by atoms with Crippen molar-refractivity contribution in [3.63, 3.8) is 0 Å². The first-order valence-electron chi connectivity index (χ1n) is 5.32. The topological polar surface area (TPSA) is 49.9 Å². The maximum atomic E-state index is 11.4. The molecule has 86 valence electrons. The molecule has 0 saturated carbocycles. The van der Waals surface area contributed by atoms with Gasteiger partial charge in [0.1, 0.15) is 0 Å². The third kappa shape index (κ3) is 3.42. The fourth-order valence-electron chi connectivity index (χ4n) is 1.48. The molecule has 0 unspecified atom stereocenters. The number of ether oxygens (including phenoxy) is 1. The van der Waals surface area contributed by atoms with E-state index >= 15 is 0 Å². The van der Waals surface area contributed by atoms with Crippen LogP contribution in [0.15, 0.2) is 0 Å². The van der Waals surface area contributed by atoms with Crippen LogP contribution in [0.5, 0.6) is 0 Å². The molecule has 0 aromatic rings. The van der Waals surface area contributed by atoms with E-state index in [1.807, 2.05) is 6.92 Å². The van der Waals surface area contributed by atoms with Crippen molar-refractivity contribution in [2.24, 2.45) is 0 Å². The van der Waals surface area contributed by atoms with E-state index in [9.17, 15) is 9.59 Å². The van der Waals surface area contributed by atoms with E-state index in [1.165, 1.54) is 0 Å². The van der Waals surface area contributed by atoms with E-state index < -0.39 is 0 Å². The van der Waals surface area contributed by atoms with Gasteiger partial charge in [-0.15, -0.1) is 0 Å². The quantitative estimate of drug-likeness (QED) is 0.679. The van der Waals surface area contributed by atoms with Crippen molar-refractivity contribution >= 4 is 12.0 Å². The number of hydrogen-bond donors (Lipinski definition) is 0. The van der Waals surface area contributed by atoms with Crippen LogP contribution in [-0.4, -0.2) is 54.6 Å². The molecule has 5 nitrogen and oxygen atoms in total. The molecule has 0 radical (unpaired) electrons. The smallest absolute Gasteiger partial charge is 0.409 e. The van der Waals surface area contributed by atoms with Crippen LogP contribution in [0.4, 0.5) is 4.79 Å². The summed E-state index contributed by atoms with van der Waals surface area (Å²) in [7, 11) is 0. The van der Waals surface area contributed by atoms with Crippen LogP contribution in [0.1, 0.15) is 20.3 Å². The van der Waals surface area contributed by atoms with Gasteiger partial charge in [-0.3, -0.25) is 4.79 Å². The normalized spacial score (nSPS) is 16.4. The molecule has 15 heavy (non-hydrogen) atoms. The molecule has 1 saturated heterocycles. The molecule has 0 aliphatic carbocycles. The van der Waals surface area contributed by atoms with E-state index in [-0.39, 0.29) is 12.0 Å². The molecule has 1 fully saturated rings. The van der Waals surface area contributed by atoms with E-state index in [0.29, 0.717) is 32.8 Å². The van der Waals surface area contributed by atoms with Gasteiger partial charge in [-0.05, 0) is 6.42 Å². The molecule has 1 aliphatic heterocycles. The number of carbonyl (C=O) groups is 2. The molecule has 1 rings (SSSR count). The van der Waals surface area contributed by atoms with Crippen molar-refractivity contribution in [3.8, 4) is 0 Å². The largest absolute Gasteiger partial charge is 0.449 e. The molecule has 0 aromatic carbocycles. The minimum atomic E-state index is -0.264. The summed E-state index contributed by atoms with van der Waals surface area (Å²) in [4.78, 5) is 25.9. The summed E-state index contributed by atoms with van der Waals surface area (Å²) in [6.45, 7) is 6.33. The van der Waals surface area contributed by atoms with Gasteiger partial charge in [-0.2, -0.15) is 0 Å². The van der Waals surface area contributed by atoms with Crippen LogP contribution >= 0.6 is 0 Å². The highest BCUT2D eigenvalue weighted by Gasteiger charge is 2.22. The summed E-state index contributed by atoms with van der Waals surface area (Å²) in [5.41, 5.74) is 0. The minimum absolute atomic E-state index is 0.0663. The Morgan fingerprint density at radius 1 is 1.13 bits per heavy atom. The zero-order chi connectivity index (χ0) is 11.3. The van der Waals surface area contributed by atoms with Crippen LogP contribution in [0.2, 0.25) is 0 Å². The van der Waals surface area contributed by atoms with Crippen molar-refractivity contribution in [1.82, 2.24) is 9.80 Å². The summed E-state index contributed by atoms with van der Waals surface area (Å²) in [5, 5.41) is 0. The molecule has 0 N–H and O–H groups in total. The van der Waals surface area contributed by atoms with Crippen LogP contribution in [0.25, 0.3) is 0 Å². The molecule has 0 atom stereocenters. The third-order valence-electron chi connectivity index (χ3n) is 2.41. The first kappa shape index (κ1) is 11.8. The van der Waals surface area contributed by atoms with Crippen molar-refractivity contribution in [1.29, 1.82) is 0 Å². The fraction of sp³-hybridized carbons (Fsp3) is 0.800. The van der Waals surface area contributed by atoms with Crippen LogP contribution in [0, 0.1) is 0 Å². The lowest BCUT2D eigenvalue weighted by Crippen LogP contribution is -2.50. The Bertz CT molecular complexity index is 235. The Labute approximate surface area is 90.0 Å². The summed E-state index contributed by atoms with van der Waals surface area (Å²) in [6.07, 6.45) is 0.569. The first-order chi connectivity index (χ1) is 7.15. The molecule has 0 aromatic heterocycles. The second kappa shape index (κ2) is 5.58. The van der Waals surface area contributed by atoms with Crippen LogP contribution in [-0.2, 0) is 9.53 Å². The van der Waals surface area contributed by atoms with Crippen molar-refractivity contribution < 1.29 is 14.3 Å². The number of rotatable bonds is 2. The third-order valence-corrected chi connectivity index (χ3v) is 2.41. The molecule has 0 spiro atoms. The lowest BCUT2D eigenvalue weighted by molar-refractivity contribution is -0.130. The average molecular weight is 214 g/mol. The minimum Gasteiger partial charge on any atom is -0.449 e. The predicted octanol–water partition coefficient (Wildman–Crippen LogP) is 0.697. The maximum Gasteiger partial charge on any atom is 0.409 e. The van der Waals surface area contributed by atoms with Gasteiger partial charge in [0.05, 0.1) is 6.61 Å². The Morgan fingerprint density at radius 3 is 2.13 bits per heavy atom. The van der Waals surface area contributed by atoms with Gasteiger partial charge < -0.3 is 14.5 Å². The maximum absolute atomic E-state index is 11.4. The lowest BCUT2D eigenvalue weighted by atomic mass is 10.3. The highest BCUT2D eigenvalue weighted by atomic mass is 16.6. The SMILES string of the molecule is CCCOC(=O)N1CCN(C(C)=O)CC1. The number of nitrogens with zero attached hydrogens (tertiary/aromatic N) is 2. The lowest BCUT2D eigenvalue weighted by Gasteiger charge is -2.33. The van der Waals surface area contributed by atoms with Gasteiger partial charge in [0.25, 0.3) is 0 Å². The van der Waals surface area contributed by atoms with Gasteiger partial charge in [0.2, 0.25) is 5.91 Å². The fourth-order valence-corrected chi connectivity index (χ4v) is 1.48. The number of amides is 2. The molecule has 0 bridgehead atoms. The first-order valence-corrected chi connectivity index (χ1v) is 5.32. The molecule has 5 heteroatoms. The number of carbonyl (C=O) groups excluding carboxylic acids is 2. The predicted molar refractivity (Wildman–Crippen MR) is 55.5 cm³/mol. The molecular formula is C10H18N2O3.